The minimum atomic E-state index is -3.99. The fraction of sp³-hybridized carbons (Fsp3) is 0.143. The maximum atomic E-state index is 13.4. The van der Waals surface area contributed by atoms with Gasteiger partial charge in [-0.05, 0) is 69.3 Å². The van der Waals surface area contributed by atoms with Crippen LogP contribution >= 0.6 is 23.2 Å². The van der Waals surface area contributed by atoms with E-state index in [2.05, 4.69) is 10.5 Å². The largest absolute Gasteiger partial charge is 0.316 e. The fourth-order valence-corrected chi connectivity index (χ4v) is 5.84. The van der Waals surface area contributed by atoms with Crippen LogP contribution in [-0.4, -0.2) is 31.7 Å². The standard InChI is InChI=1S/C28H26Cl2N4O3S/c1-19-9-12-24(13-10-19)33(38(36,37)25-7-5-4-6-8-25)18-28(35)32-31-17-22-15-20(2)34(21(22)3)27-16-23(29)11-14-26(27)30/h4-17H,18H2,1-3H3,(H,32,35)/b31-17-. The number of carbonyl (C=O) groups excluding carboxylic acids is 1. The molecule has 0 spiro atoms. The van der Waals surface area contributed by atoms with Crippen molar-refractivity contribution in [2.24, 2.45) is 5.10 Å². The van der Waals surface area contributed by atoms with Crippen LogP contribution in [0.2, 0.25) is 10.0 Å². The molecule has 196 valence electrons. The van der Waals surface area contributed by atoms with Gasteiger partial charge >= 0.3 is 0 Å². The second-order valence-electron chi connectivity index (χ2n) is 8.71. The normalized spacial score (nSPS) is 11.6. The molecular weight excluding hydrogens is 543 g/mol. The molecule has 0 atom stereocenters. The monoisotopic (exact) mass is 568 g/mol. The Balaban J connectivity index is 1.55. The Kier molecular flexibility index (Phi) is 8.26. The highest BCUT2D eigenvalue weighted by atomic mass is 35.5. The molecular formula is C28H26Cl2N4O3S. The number of halogens is 2. The molecule has 0 saturated heterocycles. The zero-order valence-electron chi connectivity index (χ0n) is 21.0. The number of anilines is 1. The van der Waals surface area contributed by atoms with Crippen LogP contribution in [0.25, 0.3) is 5.69 Å². The number of amides is 1. The molecule has 7 nitrogen and oxygen atoms in total. The SMILES string of the molecule is Cc1ccc(N(CC(=O)N/N=C\c2cc(C)n(-c3cc(Cl)ccc3Cl)c2C)S(=O)(=O)c2ccccc2)cc1. The van der Waals surface area contributed by atoms with E-state index >= 15 is 0 Å². The molecule has 0 saturated carbocycles. The van der Waals surface area contributed by atoms with E-state index in [0.29, 0.717) is 15.7 Å². The summed E-state index contributed by atoms with van der Waals surface area (Å²) >= 11 is 12.6. The highest BCUT2D eigenvalue weighted by Crippen LogP contribution is 2.29. The van der Waals surface area contributed by atoms with Gasteiger partial charge in [-0.2, -0.15) is 5.10 Å². The Labute approximate surface area is 232 Å². The number of rotatable bonds is 8. The molecule has 0 radical (unpaired) electrons. The number of hydrazone groups is 1. The highest BCUT2D eigenvalue weighted by molar-refractivity contribution is 7.92. The van der Waals surface area contributed by atoms with Crippen LogP contribution in [0.3, 0.4) is 0 Å². The van der Waals surface area contributed by atoms with Crippen molar-refractivity contribution in [2.45, 2.75) is 25.7 Å². The average Bonchev–Trinajstić information content (AvgIpc) is 3.17. The van der Waals surface area contributed by atoms with Gasteiger partial charge in [0.05, 0.1) is 27.5 Å². The summed E-state index contributed by atoms with van der Waals surface area (Å²) in [5, 5.41) is 5.19. The summed E-state index contributed by atoms with van der Waals surface area (Å²) in [6.45, 7) is 5.28. The summed E-state index contributed by atoms with van der Waals surface area (Å²) in [5.41, 5.74) is 7.03. The van der Waals surface area contributed by atoms with Gasteiger partial charge in [-0.3, -0.25) is 9.10 Å². The molecule has 1 N–H and O–H groups in total. The van der Waals surface area contributed by atoms with Gasteiger partial charge in [-0.15, -0.1) is 0 Å². The first-order chi connectivity index (χ1) is 18.1. The lowest BCUT2D eigenvalue weighted by Gasteiger charge is -2.23. The predicted octanol–water partition coefficient (Wildman–Crippen LogP) is 6.05. The zero-order valence-corrected chi connectivity index (χ0v) is 23.3. The number of sulfonamides is 1. The molecule has 0 aliphatic rings. The summed E-state index contributed by atoms with van der Waals surface area (Å²) in [5.74, 6) is -0.590. The van der Waals surface area contributed by atoms with Gasteiger partial charge in [-0.25, -0.2) is 13.8 Å². The van der Waals surface area contributed by atoms with Crippen LogP contribution in [0.15, 0.2) is 88.9 Å². The second-order valence-corrected chi connectivity index (χ2v) is 11.4. The van der Waals surface area contributed by atoms with Crippen LogP contribution in [0.4, 0.5) is 5.69 Å². The van der Waals surface area contributed by atoms with Gasteiger partial charge in [0.2, 0.25) is 0 Å². The minimum Gasteiger partial charge on any atom is -0.316 e. The molecule has 0 fully saturated rings. The number of hydrogen-bond donors (Lipinski definition) is 1. The summed E-state index contributed by atoms with van der Waals surface area (Å²) in [6, 6.07) is 22.0. The van der Waals surface area contributed by atoms with Gasteiger partial charge in [0.1, 0.15) is 6.54 Å². The third-order valence-corrected chi connectivity index (χ3v) is 8.30. The molecule has 4 aromatic rings. The molecule has 0 aliphatic carbocycles. The van der Waals surface area contributed by atoms with Gasteiger partial charge in [0, 0.05) is 22.0 Å². The third-order valence-electron chi connectivity index (χ3n) is 5.95. The molecule has 4 rings (SSSR count). The van der Waals surface area contributed by atoms with Gasteiger partial charge in [0.25, 0.3) is 15.9 Å². The number of hydrogen-bond acceptors (Lipinski definition) is 4. The van der Waals surface area contributed by atoms with Crippen molar-refractivity contribution in [3.63, 3.8) is 0 Å². The number of nitrogens with zero attached hydrogens (tertiary/aromatic N) is 3. The first kappa shape index (κ1) is 27.4. The number of benzene rings is 3. The Morgan fingerprint density at radius 2 is 1.66 bits per heavy atom. The van der Waals surface area contributed by atoms with Crippen LogP contribution in [0.1, 0.15) is 22.5 Å². The van der Waals surface area contributed by atoms with Crippen molar-refractivity contribution in [3.8, 4) is 5.69 Å². The van der Waals surface area contributed by atoms with Crippen molar-refractivity contribution in [1.82, 2.24) is 9.99 Å². The second kappa shape index (κ2) is 11.4. The first-order valence-electron chi connectivity index (χ1n) is 11.7. The van der Waals surface area contributed by atoms with Gasteiger partial charge in [0.15, 0.2) is 0 Å². The van der Waals surface area contributed by atoms with Crippen LogP contribution in [0, 0.1) is 20.8 Å². The molecule has 0 aliphatic heterocycles. The van der Waals surface area contributed by atoms with Crippen molar-refractivity contribution in [2.75, 3.05) is 10.8 Å². The first-order valence-corrected chi connectivity index (χ1v) is 13.9. The Morgan fingerprint density at radius 1 is 0.974 bits per heavy atom. The van der Waals surface area contributed by atoms with E-state index < -0.39 is 22.5 Å². The van der Waals surface area contributed by atoms with Crippen LogP contribution < -0.4 is 9.73 Å². The van der Waals surface area contributed by atoms with Crippen LogP contribution in [0.5, 0.6) is 0 Å². The summed E-state index contributed by atoms with van der Waals surface area (Å²) in [4.78, 5) is 12.9. The minimum absolute atomic E-state index is 0.0870. The molecule has 1 heterocycles. The predicted molar refractivity (Wildman–Crippen MR) is 153 cm³/mol. The van der Waals surface area contributed by atoms with Gasteiger partial charge in [-0.1, -0.05) is 59.1 Å². The quantitative estimate of drug-likeness (QED) is 0.207. The average molecular weight is 570 g/mol. The highest BCUT2D eigenvalue weighted by Gasteiger charge is 2.27. The van der Waals surface area contributed by atoms with E-state index in [1.807, 2.05) is 31.4 Å². The summed E-state index contributed by atoms with van der Waals surface area (Å²) in [7, 11) is -3.99. The van der Waals surface area contributed by atoms with Crippen molar-refractivity contribution >= 4 is 51.0 Å². The lowest BCUT2D eigenvalue weighted by atomic mass is 10.2. The van der Waals surface area contributed by atoms with E-state index in [1.54, 1.807) is 60.7 Å². The lowest BCUT2D eigenvalue weighted by Crippen LogP contribution is -2.39. The molecule has 1 amide bonds. The maximum absolute atomic E-state index is 13.4. The smallest absolute Gasteiger partial charge is 0.264 e. The molecule has 38 heavy (non-hydrogen) atoms. The summed E-state index contributed by atoms with van der Waals surface area (Å²) in [6.07, 6.45) is 1.51. The van der Waals surface area contributed by atoms with Crippen molar-refractivity contribution in [1.29, 1.82) is 0 Å². The van der Waals surface area contributed by atoms with Gasteiger partial charge < -0.3 is 4.57 Å². The lowest BCUT2D eigenvalue weighted by molar-refractivity contribution is -0.119. The third kappa shape index (κ3) is 5.93. The zero-order chi connectivity index (χ0) is 27.4. The number of aryl methyl sites for hydroxylation is 2. The van der Waals surface area contributed by atoms with E-state index in [1.165, 1.54) is 18.3 Å². The molecule has 3 aromatic carbocycles. The molecule has 1 aromatic heterocycles. The molecule has 0 bridgehead atoms. The molecule has 10 heteroatoms. The van der Waals surface area contributed by atoms with Crippen molar-refractivity contribution in [3.05, 3.63) is 111 Å². The number of aromatic nitrogens is 1. The van der Waals surface area contributed by atoms with E-state index in [-0.39, 0.29) is 4.90 Å². The van der Waals surface area contributed by atoms with Crippen molar-refractivity contribution < 1.29 is 13.2 Å². The van der Waals surface area contributed by atoms with E-state index in [0.717, 1.165) is 32.5 Å². The number of nitrogens with one attached hydrogen (secondary N) is 1. The Hall–Kier alpha value is -3.59. The summed E-state index contributed by atoms with van der Waals surface area (Å²) < 4.78 is 29.8. The van der Waals surface area contributed by atoms with Crippen LogP contribution in [-0.2, 0) is 14.8 Å². The fourth-order valence-electron chi connectivity index (χ4n) is 4.03. The topological polar surface area (TPSA) is 83.8 Å². The Morgan fingerprint density at radius 3 is 2.34 bits per heavy atom. The Bertz CT molecular complexity index is 1600. The number of carbonyl (C=O) groups is 1. The molecule has 0 unspecified atom stereocenters. The maximum Gasteiger partial charge on any atom is 0.264 e. The van der Waals surface area contributed by atoms with E-state index in [9.17, 15) is 13.2 Å². The van der Waals surface area contributed by atoms with E-state index in [4.69, 9.17) is 23.2 Å².